The number of carbonyl (C=O) groups excluding carboxylic acids is 2. The Labute approximate surface area is 147 Å². The summed E-state index contributed by atoms with van der Waals surface area (Å²) in [5, 5.41) is 0. The van der Waals surface area contributed by atoms with Crippen LogP contribution < -0.4 is 9.47 Å². The second kappa shape index (κ2) is 8.96. The van der Waals surface area contributed by atoms with Gasteiger partial charge >= 0.3 is 6.09 Å². The summed E-state index contributed by atoms with van der Waals surface area (Å²) < 4.78 is 15.4. The Balaban J connectivity index is 1.94. The van der Waals surface area contributed by atoms with Crippen molar-refractivity contribution < 1.29 is 23.8 Å². The largest absolute Gasteiger partial charge is 0.497 e. The number of benzene rings is 1. The fraction of sp³-hybridized carbons (Fsp3) is 0.444. The number of hydrogen-bond donors (Lipinski definition) is 0. The molecule has 0 spiro atoms. The molecule has 1 aliphatic heterocycles. The first kappa shape index (κ1) is 18.6. The molecule has 1 aromatic rings. The summed E-state index contributed by atoms with van der Waals surface area (Å²) in [5.41, 5.74) is 0.793. The zero-order valence-corrected chi connectivity index (χ0v) is 14.9. The van der Waals surface area contributed by atoms with Crippen molar-refractivity contribution in [2.75, 3.05) is 47.0 Å². The van der Waals surface area contributed by atoms with E-state index in [2.05, 4.69) is 0 Å². The molecule has 7 heteroatoms. The maximum atomic E-state index is 12.3. The quantitative estimate of drug-likeness (QED) is 0.762. The zero-order valence-electron chi connectivity index (χ0n) is 14.9. The molecule has 1 aliphatic rings. The van der Waals surface area contributed by atoms with Gasteiger partial charge in [0.25, 0.3) is 0 Å². The fourth-order valence-corrected chi connectivity index (χ4v) is 2.55. The third-order valence-corrected chi connectivity index (χ3v) is 3.96. The molecule has 1 fully saturated rings. The van der Waals surface area contributed by atoms with Gasteiger partial charge in [-0.1, -0.05) is 0 Å². The normalized spacial score (nSPS) is 14.5. The third-order valence-electron chi connectivity index (χ3n) is 3.96. The number of amides is 2. The molecule has 0 bridgehead atoms. The van der Waals surface area contributed by atoms with Crippen LogP contribution in [-0.2, 0) is 9.53 Å². The van der Waals surface area contributed by atoms with Gasteiger partial charge < -0.3 is 24.0 Å². The lowest BCUT2D eigenvalue weighted by molar-refractivity contribution is -0.127. The van der Waals surface area contributed by atoms with E-state index in [1.165, 1.54) is 6.08 Å². The summed E-state index contributed by atoms with van der Waals surface area (Å²) in [7, 11) is 3.16. The molecule has 0 atom stereocenters. The van der Waals surface area contributed by atoms with Crippen molar-refractivity contribution in [1.82, 2.24) is 9.80 Å². The number of methoxy groups -OCH3 is 2. The lowest BCUT2D eigenvalue weighted by Gasteiger charge is -2.33. The highest BCUT2D eigenvalue weighted by Gasteiger charge is 2.23. The average molecular weight is 348 g/mol. The van der Waals surface area contributed by atoms with Crippen LogP contribution in [-0.4, -0.2) is 68.8 Å². The summed E-state index contributed by atoms with van der Waals surface area (Å²) >= 11 is 0. The molecule has 0 unspecified atom stereocenters. The first-order valence-electron chi connectivity index (χ1n) is 8.19. The second-order valence-electron chi connectivity index (χ2n) is 5.45. The van der Waals surface area contributed by atoms with Gasteiger partial charge in [0.05, 0.1) is 20.8 Å². The van der Waals surface area contributed by atoms with E-state index in [0.717, 1.165) is 5.56 Å². The van der Waals surface area contributed by atoms with E-state index >= 15 is 0 Å². The van der Waals surface area contributed by atoms with Crippen LogP contribution in [0.15, 0.2) is 24.3 Å². The van der Waals surface area contributed by atoms with Crippen LogP contribution in [0.4, 0.5) is 4.79 Å². The van der Waals surface area contributed by atoms with Gasteiger partial charge in [0.2, 0.25) is 5.91 Å². The molecular formula is C18H24N2O5. The molecule has 25 heavy (non-hydrogen) atoms. The van der Waals surface area contributed by atoms with Crippen molar-refractivity contribution >= 4 is 18.1 Å². The molecule has 0 saturated carbocycles. The smallest absolute Gasteiger partial charge is 0.409 e. The van der Waals surface area contributed by atoms with Crippen molar-refractivity contribution in [3.05, 3.63) is 29.8 Å². The van der Waals surface area contributed by atoms with E-state index in [0.29, 0.717) is 44.3 Å². The molecule has 0 radical (unpaired) electrons. The molecule has 1 saturated heterocycles. The van der Waals surface area contributed by atoms with Crippen molar-refractivity contribution in [3.8, 4) is 11.5 Å². The maximum Gasteiger partial charge on any atom is 0.409 e. The van der Waals surface area contributed by atoms with Crippen LogP contribution in [0.25, 0.3) is 6.08 Å². The minimum absolute atomic E-state index is 0.0959. The van der Waals surface area contributed by atoms with E-state index in [4.69, 9.17) is 14.2 Å². The van der Waals surface area contributed by atoms with Gasteiger partial charge in [-0.25, -0.2) is 4.79 Å². The minimum atomic E-state index is -0.326. The van der Waals surface area contributed by atoms with Crippen molar-refractivity contribution in [3.63, 3.8) is 0 Å². The molecular weight excluding hydrogens is 324 g/mol. The molecule has 1 heterocycles. The third kappa shape index (κ3) is 4.89. The van der Waals surface area contributed by atoms with Gasteiger partial charge in [0, 0.05) is 43.9 Å². The van der Waals surface area contributed by atoms with E-state index in [1.54, 1.807) is 43.1 Å². The predicted octanol–water partition coefficient (Wildman–Crippen LogP) is 2.02. The summed E-state index contributed by atoms with van der Waals surface area (Å²) in [6.07, 6.45) is 2.91. The van der Waals surface area contributed by atoms with E-state index in [1.807, 2.05) is 12.1 Å². The Morgan fingerprint density at radius 3 is 2.36 bits per heavy atom. The van der Waals surface area contributed by atoms with Crippen LogP contribution in [0.2, 0.25) is 0 Å². The van der Waals surface area contributed by atoms with Gasteiger partial charge in [0.1, 0.15) is 11.5 Å². The monoisotopic (exact) mass is 348 g/mol. The predicted molar refractivity (Wildman–Crippen MR) is 93.8 cm³/mol. The molecule has 0 aromatic heterocycles. The van der Waals surface area contributed by atoms with Crippen LogP contribution in [0, 0.1) is 0 Å². The Kier molecular flexibility index (Phi) is 6.68. The standard InChI is InChI=1S/C18H24N2O5/c1-4-25-18(22)20-11-9-19(10-12-20)17(21)8-6-14-5-7-15(23-2)13-16(14)24-3/h5-8,13H,4,9-12H2,1-3H3/b8-6+. The SMILES string of the molecule is CCOC(=O)N1CCN(C(=O)/C=C/c2ccc(OC)cc2OC)CC1. The maximum absolute atomic E-state index is 12.3. The van der Waals surface area contributed by atoms with E-state index in [-0.39, 0.29) is 12.0 Å². The minimum Gasteiger partial charge on any atom is -0.497 e. The molecule has 136 valence electrons. The topological polar surface area (TPSA) is 68.3 Å². The van der Waals surface area contributed by atoms with Crippen LogP contribution >= 0.6 is 0 Å². The number of carbonyl (C=O) groups is 2. The zero-order chi connectivity index (χ0) is 18.2. The number of hydrogen-bond acceptors (Lipinski definition) is 5. The Morgan fingerprint density at radius 1 is 1.08 bits per heavy atom. The van der Waals surface area contributed by atoms with Crippen LogP contribution in [0.3, 0.4) is 0 Å². The number of nitrogens with zero attached hydrogens (tertiary/aromatic N) is 2. The number of rotatable bonds is 5. The summed E-state index contributed by atoms with van der Waals surface area (Å²) in [4.78, 5) is 27.3. The van der Waals surface area contributed by atoms with Gasteiger partial charge in [-0.3, -0.25) is 4.79 Å². The van der Waals surface area contributed by atoms with Crippen molar-refractivity contribution in [2.45, 2.75) is 6.92 Å². The summed E-state index contributed by atoms with van der Waals surface area (Å²) in [5.74, 6) is 1.23. The Hall–Kier alpha value is -2.70. The lowest BCUT2D eigenvalue weighted by Crippen LogP contribution is -2.50. The van der Waals surface area contributed by atoms with Gasteiger partial charge in [-0.05, 0) is 25.1 Å². The lowest BCUT2D eigenvalue weighted by atomic mass is 10.1. The molecule has 2 rings (SSSR count). The molecule has 0 N–H and O–H groups in total. The highest BCUT2D eigenvalue weighted by molar-refractivity contribution is 5.92. The molecule has 1 aromatic carbocycles. The van der Waals surface area contributed by atoms with Gasteiger partial charge in [-0.2, -0.15) is 0 Å². The van der Waals surface area contributed by atoms with Crippen LogP contribution in [0.1, 0.15) is 12.5 Å². The van der Waals surface area contributed by atoms with Crippen molar-refractivity contribution in [1.29, 1.82) is 0 Å². The van der Waals surface area contributed by atoms with Crippen molar-refractivity contribution in [2.24, 2.45) is 0 Å². The van der Waals surface area contributed by atoms with E-state index < -0.39 is 0 Å². The molecule has 2 amide bonds. The fourth-order valence-electron chi connectivity index (χ4n) is 2.55. The summed E-state index contributed by atoms with van der Waals surface area (Å²) in [6, 6.07) is 5.41. The Morgan fingerprint density at radius 2 is 1.76 bits per heavy atom. The average Bonchev–Trinajstić information content (AvgIpc) is 2.66. The summed E-state index contributed by atoms with van der Waals surface area (Å²) in [6.45, 7) is 4.05. The first-order valence-corrected chi connectivity index (χ1v) is 8.19. The highest BCUT2D eigenvalue weighted by atomic mass is 16.6. The Bertz CT molecular complexity index is 636. The first-order chi connectivity index (χ1) is 12.1. The van der Waals surface area contributed by atoms with Crippen LogP contribution in [0.5, 0.6) is 11.5 Å². The molecule has 0 aliphatic carbocycles. The van der Waals surface area contributed by atoms with Gasteiger partial charge in [-0.15, -0.1) is 0 Å². The number of piperazine rings is 1. The molecule has 7 nitrogen and oxygen atoms in total. The van der Waals surface area contributed by atoms with Gasteiger partial charge in [0.15, 0.2) is 0 Å². The number of ether oxygens (including phenoxy) is 3. The highest BCUT2D eigenvalue weighted by Crippen LogP contribution is 2.25. The van der Waals surface area contributed by atoms with E-state index in [9.17, 15) is 9.59 Å². The second-order valence-corrected chi connectivity index (χ2v) is 5.45.